The second-order valence-corrected chi connectivity index (χ2v) is 3.25. The minimum atomic E-state index is 0.861. The van der Waals surface area contributed by atoms with Crippen molar-refractivity contribution >= 4 is 10.8 Å². The molecule has 0 amide bonds. The zero-order chi connectivity index (χ0) is 10.1. The monoisotopic (exact) mass is 194 g/mol. The molecule has 0 bridgehead atoms. The largest absolute Gasteiger partial charge is 0.351 e. The van der Waals surface area contributed by atoms with Gasteiger partial charge in [0.1, 0.15) is 5.69 Å². The molecule has 0 saturated carbocycles. The third kappa shape index (κ3) is 1.29. The van der Waals surface area contributed by atoms with Crippen LogP contribution in [0.3, 0.4) is 0 Å². The van der Waals surface area contributed by atoms with Crippen LogP contribution in [-0.4, -0.2) is 15.0 Å². The third-order valence-corrected chi connectivity index (χ3v) is 2.34. The van der Waals surface area contributed by atoms with Crippen LogP contribution in [0.2, 0.25) is 0 Å². The van der Waals surface area contributed by atoms with Crippen molar-refractivity contribution in [2.45, 2.75) is 0 Å². The lowest BCUT2D eigenvalue weighted by Gasteiger charge is -2.01. The summed E-state index contributed by atoms with van der Waals surface area (Å²) < 4.78 is 0. The average Bonchev–Trinajstić information content (AvgIpc) is 2.82. The molecule has 0 spiro atoms. The highest BCUT2D eigenvalue weighted by molar-refractivity contribution is 5.92. The molecule has 15 heavy (non-hydrogen) atoms. The van der Waals surface area contributed by atoms with Gasteiger partial charge in [0.05, 0.1) is 12.0 Å². The molecule has 3 rings (SSSR count). The highest BCUT2D eigenvalue weighted by Crippen LogP contribution is 2.23. The summed E-state index contributed by atoms with van der Waals surface area (Å²) >= 11 is 0. The maximum absolute atomic E-state index is 4.31. The van der Waals surface area contributed by atoms with Crippen LogP contribution in [0.5, 0.6) is 0 Å². The lowest BCUT2D eigenvalue weighted by Crippen LogP contribution is -1.85. The van der Waals surface area contributed by atoms with Gasteiger partial charge in [-0.2, -0.15) is 0 Å². The Morgan fingerprint density at radius 1 is 1.13 bits per heavy atom. The van der Waals surface area contributed by atoms with E-state index < -0.39 is 0 Å². The van der Waals surface area contributed by atoms with Crippen LogP contribution < -0.4 is 0 Å². The van der Waals surface area contributed by atoms with Gasteiger partial charge >= 0.3 is 0 Å². The number of imidazole rings is 1. The molecule has 1 aromatic carbocycles. The Bertz CT molecular complexity index is 579. The summed E-state index contributed by atoms with van der Waals surface area (Å²) in [5.41, 5.74) is 1.76. The summed E-state index contributed by atoms with van der Waals surface area (Å²) in [5.74, 6) is 0. The fraction of sp³-hybridized carbons (Fsp3) is 0. The van der Waals surface area contributed by atoms with Crippen LogP contribution in [0.25, 0.3) is 22.2 Å². The zero-order valence-corrected chi connectivity index (χ0v) is 7.94. The molecule has 71 valence electrons. The molecule has 1 N–H and O–H groups in total. The number of rotatable bonds is 1. The molecule has 0 unspecified atom stereocenters. The molecule has 0 atom stereocenters. The molecule has 1 radical (unpaired) electrons. The Hall–Kier alpha value is -2.16. The summed E-state index contributed by atoms with van der Waals surface area (Å²) in [4.78, 5) is 11.4. The maximum atomic E-state index is 4.31. The molecule has 3 heteroatoms. The van der Waals surface area contributed by atoms with Crippen LogP contribution in [0, 0.1) is 6.07 Å². The minimum Gasteiger partial charge on any atom is -0.351 e. The first-order valence-electron chi connectivity index (χ1n) is 4.70. The SMILES string of the molecule is [c]1cnc(-c2c[nH]cn2)c2ccccc12. The number of pyridine rings is 1. The lowest BCUT2D eigenvalue weighted by atomic mass is 10.1. The van der Waals surface area contributed by atoms with Gasteiger partial charge in [0.2, 0.25) is 0 Å². The predicted molar refractivity (Wildman–Crippen MR) is 58.2 cm³/mol. The van der Waals surface area contributed by atoms with Gasteiger partial charge in [0.25, 0.3) is 0 Å². The third-order valence-electron chi connectivity index (χ3n) is 2.34. The Morgan fingerprint density at radius 2 is 2.07 bits per heavy atom. The number of fused-ring (bicyclic) bond motifs is 1. The minimum absolute atomic E-state index is 0.861. The van der Waals surface area contributed by atoms with E-state index in [0.717, 1.165) is 22.2 Å². The molecule has 3 nitrogen and oxygen atoms in total. The smallest absolute Gasteiger partial charge is 0.107 e. The molecular weight excluding hydrogens is 186 g/mol. The summed E-state index contributed by atoms with van der Waals surface area (Å²) in [6.07, 6.45) is 5.18. The van der Waals surface area contributed by atoms with Crippen molar-refractivity contribution in [3.05, 3.63) is 49.1 Å². The molecule has 0 fully saturated rings. The molecule has 0 aliphatic rings. The number of aromatic nitrogens is 3. The fourth-order valence-electron chi connectivity index (χ4n) is 1.65. The summed E-state index contributed by atoms with van der Waals surface area (Å²) in [6, 6.07) is 11.1. The van der Waals surface area contributed by atoms with Crippen molar-refractivity contribution in [1.29, 1.82) is 0 Å². The summed E-state index contributed by atoms with van der Waals surface area (Å²) in [7, 11) is 0. The van der Waals surface area contributed by atoms with E-state index in [0.29, 0.717) is 0 Å². The van der Waals surface area contributed by atoms with Crippen LogP contribution >= 0.6 is 0 Å². The van der Waals surface area contributed by atoms with Gasteiger partial charge in [-0.25, -0.2) is 4.98 Å². The van der Waals surface area contributed by atoms with Crippen molar-refractivity contribution in [1.82, 2.24) is 15.0 Å². The number of hydrogen-bond acceptors (Lipinski definition) is 2. The molecular formula is C12H8N3. The number of hydrogen-bond donors (Lipinski definition) is 1. The van der Waals surface area contributed by atoms with Gasteiger partial charge in [0, 0.05) is 23.8 Å². The van der Waals surface area contributed by atoms with Crippen molar-refractivity contribution < 1.29 is 0 Å². The Morgan fingerprint density at radius 3 is 2.93 bits per heavy atom. The van der Waals surface area contributed by atoms with E-state index in [9.17, 15) is 0 Å². The lowest BCUT2D eigenvalue weighted by molar-refractivity contribution is 1.29. The molecule has 2 heterocycles. The number of benzene rings is 1. The first-order chi connectivity index (χ1) is 7.45. The van der Waals surface area contributed by atoms with Gasteiger partial charge in [-0.05, 0) is 5.39 Å². The van der Waals surface area contributed by atoms with Crippen LogP contribution in [0.4, 0.5) is 0 Å². The van der Waals surface area contributed by atoms with Crippen LogP contribution in [0.15, 0.2) is 43.0 Å². The maximum Gasteiger partial charge on any atom is 0.107 e. The number of nitrogens with one attached hydrogen (secondary N) is 1. The topological polar surface area (TPSA) is 41.6 Å². The van der Waals surface area contributed by atoms with Crippen molar-refractivity contribution in [2.24, 2.45) is 0 Å². The second kappa shape index (κ2) is 3.20. The molecule has 3 aromatic rings. The quantitative estimate of drug-likeness (QED) is 0.646. The van der Waals surface area contributed by atoms with Gasteiger partial charge in [0.15, 0.2) is 0 Å². The first-order valence-corrected chi connectivity index (χ1v) is 4.70. The zero-order valence-electron chi connectivity index (χ0n) is 7.94. The Kier molecular flexibility index (Phi) is 1.75. The summed E-state index contributed by atoms with van der Waals surface area (Å²) in [6.45, 7) is 0. The Labute approximate surface area is 86.8 Å². The number of H-pyrrole nitrogens is 1. The highest BCUT2D eigenvalue weighted by atomic mass is 14.9. The average molecular weight is 194 g/mol. The second-order valence-electron chi connectivity index (χ2n) is 3.25. The number of nitrogens with zero attached hydrogens (tertiary/aromatic N) is 2. The molecule has 0 saturated heterocycles. The standard InChI is InChI=1S/C12H8N3/c1-2-4-10-9(3-1)5-6-14-12(10)11-7-13-8-15-11/h1-4,6-8H,(H,13,15). The van der Waals surface area contributed by atoms with Gasteiger partial charge in [-0.15, -0.1) is 0 Å². The van der Waals surface area contributed by atoms with E-state index in [2.05, 4.69) is 21.0 Å². The van der Waals surface area contributed by atoms with E-state index in [1.807, 2.05) is 30.5 Å². The van der Waals surface area contributed by atoms with E-state index >= 15 is 0 Å². The molecule has 0 aliphatic heterocycles. The number of aromatic amines is 1. The van der Waals surface area contributed by atoms with E-state index in [1.165, 1.54) is 0 Å². The van der Waals surface area contributed by atoms with Gasteiger partial charge in [-0.3, -0.25) is 4.98 Å². The van der Waals surface area contributed by atoms with Crippen molar-refractivity contribution in [3.63, 3.8) is 0 Å². The van der Waals surface area contributed by atoms with Crippen molar-refractivity contribution in [3.8, 4) is 11.4 Å². The van der Waals surface area contributed by atoms with Crippen LogP contribution in [0.1, 0.15) is 0 Å². The van der Waals surface area contributed by atoms with E-state index in [-0.39, 0.29) is 0 Å². The molecule has 0 aliphatic carbocycles. The normalized spacial score (nSPS) is 10.7. The first kappa shape index (κ1) is 8.17. The van der Waals surface area contributed by atoms with E-state index in [1.54, 1.807) is 12.5 Å². The molecule has 2 aromatic heterocycles. The Balaban J connectivity index is 2.36. The van der Waals surface area contributed by atoms with Gasteiger partial charge in [-0.1, -0.05) is 24.3 Å². The highest BCUT2D eigenvalue weighted by Gasteiger charge is 2.05. The van der Waals surface area contributed by atoms with Crippen LogP contribution in [-0.2, 0) is 0 Å². The summed E-state index contributed by atoms with van der Waals surface area (Å²) in [5, 5.41) is 2.14. The fourth-order valence-corrected chi connectivity index (χ4v) is 1.65. The van der Waals surface area contributed by atoms with Gasteiger partial charge < -0.3 is 4.98 Å². The van der Waals surface area contributed by atoms with Crippen molar-refractivity contribution in [2.75, 3.05) is 0 Å². The predicted octanol–water partition coefficient (Wildman–Crippen LogP) is 2.43. The van der Waals surface area contributed by atoms with E-state index in [4.69, 9.17) is 0 Å².